The van der Waals surface area contributed by atoms with Gasteiger partial charge in [0, 0.05) is 32.6 Å². The molecule has 2 aliphatic rings. The minimum atomic E-state index is -0.364. The lowest BCUT2D eigenvalue weighted by atomic mass is 9.79. The Kier molecular flexibility index (Phi) is 2.34. The van der Waals surface area contributed by atoms with Gasteiger partial charge in [-0.05, 0) is 20.8 Å². The molecule has 0 N–H and O–H groups in total. The van der Waals surface area contributed by atoms with Crippen molar-refractivity contribution in [2.24, 2.45) is 10.5 Å². The van der Waals surface area contributed by atoms with Gasteiger partial charge in [-0.1, -0.05) is 0 Å². The first-order valence-corrected chi connectivity index (χ1v) is 5.55. The fourth-order valence-electron chi connectivity index (χ4n) is 2.48. The molecule has 2 heterocycles. The van der Waals surface area contributed by atoms with E-state index in [0.717, 1.165) is 25.2 Å². The third-order valence-corrected chi connectivity index (χ3v) is 3.56. The van der Waals surface area contributed by atoms with Gasteiger partial charge in [0.2, 0.25) is 0 Å². The fourth-order valence-corrected chi connectivity index (χ4v) is 2.48. The van der Waals surface area contributed by atoms with E-state index in [4.69, 9.17) is 0 Å². The molecule has 0 saturated carbocycles. The van der Waals surface area contributed by atoms with E-state index in [0.29, 0.717) is 6.04 Å². The molecule has 0 aromatic carbocycles. The van der Waals surface area contributed by atoms with Gasteiger partial charge in [-0.2, -0.15) is 5.10 Å². The quantitative estimate of drug-likeness (QED) is 0.644. The Balaban J connectivity index is 2.24. The van der Waals surface area contributed by atoms with Gasteiger partial charge in [0.15, 0.2) is 0 Å². The Morgan fingerprint density at radius 2 is 2.13 bits per heavy atom. The van der Waals surface area contributed by atoms with E-state index in [2.05, 4.69) is 23.8 Å². The van der Waals surface area contributed by atoms with Gasteiger partial charge in [-0.25, -0.2) is 5.01 Å². The number of carbonyl (C=O) groups excluding carboxylic acids is 1. The Morgan fingerprint density at radius 1 is 1.47 bits per heavy atom. The normalized spacial score (nSPS) is 32.2. The highest BCUT2D eigenvalue weighted by molar-refractivity contribution is 6.12. The van der Waals surface area contributed by atoms with Crippen LogP contribution in [0.15, 0.2) is 5.10 Å². The van der Waals surface area contributed by atoms with Crippen LogP contribution in [0, 0.1) is 5.41 Å². The molecule has 0 radical (unpaired) electrons. The Morgan fingerprint density at radius 3 is 2.73 bits per heavy atom. The van der Waals surface area contributed by atoms with Crippen LogP contribution in [0.25, 0.3) is 0 Å². The maximum absolute atomic E-state index is 12.0. The Hall–Kier alpha value is -0.900. The van der Waals surface area contributed by atoms with Crippen molar-refractivity contribution >= 4 is 11.6 Å². The molecule has 0 aliphatic carbocycles. The average Bonchev–Trinajstić information content (AvgIpc) is 2.40. The molecule has 1 atom stereocenters. The van der Waals surface area contributed by atoms with Crippen molar-refractivity contribution in [1.82, 2.24) is 9.91 Å². The van der Waals surface area contributed by atoms with Crippen molar-refractivity contribution in [2.45, 2.75) is 33.2 Å². The number of amides is 1. The summed E-state index contributed by atoms with van der Waals surface area (Å²) in [6, 6.07) is 0.502. The number of rotatable bonds is 1. The van der Waals surface area contributed by atoms with Crippen LogP contribution in [-0.4, -0.2) is 47.7 Å². The molecular weight excluding hydrogens is 190 g/mol. The van der Waals surface area contributed by atoms with Crippen molar-refractivity contribution in [2.75, 3.05) is 20.1 Å². The second-order valence-corrected chi connectivity index (χ2v) is 5.02. The van der Waals surface area contributed by atoms with Crippen LogP contribution in [0.4, 0.5) is 0 Å². The largest absolute Gasteiger partial charge is 0.299 e. The summed E-state index contributed by atoms with van der Waals surface area (Å²) < 4.78 is 0. The number of likely N-dealkylation sites (tertiary alicyclic amines) is 1. The molecule has 0 spiro atoms. The van der Waals surface area contributed by atoms with Crippen molar-refractivity contribution in [3.8, 4) is 0 Å². The topological polar surface area (TPSA) is 35.9 Å². The molecule has 15 heavy (non-hydrogen) atoms. The minimum Gasteiger partial charge on any atom is -0.299 e. The van der Waals surface area contributed by atoms with Crippen molar-refractivity contribution in [1.29, 1.82) is 0 Å². The zero-order valence-electron chi connectivity index (χ0n) is 9.95. The highest BCUT2D eigenvalue weighted by Crippen LogP contribution is 2.34. The van der Waals surface area contributed by atoms with E-state index in [1.54, 1.807) is 7.05 Å². The maximum Gasteiger partial charge on any atom is 0.255 e. The summed E-state index contributed by atoms with van der Waals surface area (Å²) in [6.07, 6.45) is 0.921. The average molecular weight is 209 g/mol. The van der Waals surface area contributed by atoms with Crippen LogP contribution in [-0.2, 0) is 4.79 Å². The van der Waals surface area contributed by atoms with Gasteiger partial charge in [0.05, 0.1) is 5.71 Å². The molecule has 0 aromatic rings. The molecule has 4 nitrogen and oxygen atoms in total. The number of fused-ring (bicyclic) bond motifs is 1. The van der Waals surface area contributed by atoms with Crippen LogP contribution in [0.1, 0.15) is 27.2 Å². The maximum atomic E-state index is 12.0. The van der Waals surface area contributed by atoms with Gasteiger partial charge in [-0.15, -0.1) is 0 Å². The summed E-state index contributed by atoms with van der Waals surface area (Å²) in [5.41, 5.74) is 0.698. The van der Waals surface area contributed by atoms with E-state index >= 15 is 0 Å². The summed E-state index contributed by atoms with van der Waals surface area (Å²) in [4.78, 5) is 14.4. The summed E-state index contributed by atoms with van der Waals surface area (Å²) in [5, 5.41) is 5.83. The standard InChI is InChI=1S/C11H19N3O/c1-8(2)14-6-5-9-11(3,7-14)10(15)13(4)12-9/h8H,5-7H2,1-4H3. The van der Waals surface area contributed by atoms with Crippen molar-refractivity contribution in [3.05, 3.63) is 0 Å². The number of nitrogens with zero attached hydrogens (tertiary/aromatic N) is 3. The molecule has 1 fully saturated rings. The third-order valence-electron chi connectivity index (χ3n) is 3.56. The lowest BCUT2D eigenvalue weighted by Crippen LogP contribution is -2.52. The van der Waals surface area contributed by atoms with E-state index in [-0.39, 0.29) is 11.3 Å². The number of hydrogen-bond donors (Lipinski definition) is 0. The zero-order chi connectivity index (χ0) is 11.2. The summed E-state index contributed by atoms with van der Waals surface area (Å²) >= 11 is 0. The van der Waals surface area contributed by atoms with Crippen molar-refractivity contribution < 1.29 is 4.79 Å². The molecule has 4 heteroatoms. The van der Waals surface area contributed by atoms with Crippen LogP contribution >= 0.6 is 0 Å². The van der Waals surface area contributed by atoms with Gasteiger partial charge in [0.1, 0.15) is 5.41 Å². The second kappa shape index (κ2) is 3.30. The highest BCUT2D eigenvalue weighted by atomic mass is 16.2. The lowest BCUT2D eigenvalue weighted by Gasteiger charge is -2.38. The van der Waals surface area contributed by atoms with E-state index < -0.39 is 0 Å². The molecule has 84 valence electrons. The summed E-state index contributed by atoms with van der Waals surface area (Å²) in [6.45, 7) is 8.20. The van der Waals surface area contributed by atoms with Gasteiger partial charge >= 0.3 is 0 Å². The lowest BCUT2D eigenvalue weighted by molar-refractivity contribution is -0.135. The molecule has 2 rings (SSSR count). The predicted molar refractivity (Wildman–Crippen MR) is 59.6 cm³/mol. The van der Waals surface area contributed by atoms with E-state index in [9.17, 15) is 4.79 Å². The highest BCUT2D eigenvalue weighted by Gasteiger charge is 2.49. The van der Waals surface area contributed by atoms with Gasteiger partial charge in [0.25, 0.3) is 5.91 Å². The summed E-state index contributed by atoms with van der Waals surface area (Å²) in [5.74, 6) is 0.142. The fraction of sp³-hybridized carbons (Fsp3) is 0.818. The Labute approximate surface area is 90.9 Å². The Bertz CT molecular complexity index is 324. The molecule has 1 unspecified atom stereocenters. The van der Waals surface area contributed by atoms with Crippen LogP contribution in [0.5, 0.6) is 0 Å². The zero-order valence-corrected chi connectivity index (χ0v) is 9.95. The number of hydrogen-bond acceptors (Lipinski definition) is 3. The SMILES string of the molecule is CC(C)N1CCC2=NN(C)C(=O)C2(C)C1. The molecular formula is C11H19N3O. The molecule has 1 amide bonds. The number of hydrazone groups is 1. The van der Waals surface area contributed by atoms with Crippen LogP contribution in [0.2, 0.25) is 0 Å². The minimum absolute atomic E-state index is 0.142. The first kappa shape index (κ1) is 10.6. The second-order valence-electron chi connectivity index (χ2n) is 5.02. The molecule has 0 aromatic heterocycles. The first-order valence-electron chi connectivity index (χ1n) is 5.55. The van der Waals surface area contributed by atoms with Gasteiger partial charge in [-0.3, -0.25) is 9.69 Å². The molecule has 0 bridgehead atoms. The van der Waals surface area contributed by atoms with Crippen LogP contribution < -0.4 is 0 Å². The van der Waals surface area contributed by atoms with Crippen LogP contribution in [0.3, 0.4) is 0 Å². The predicted octanol–water partition coefficient (Wildman–Crippen LogP) is 0.935. The number of piperidine rings is 1. The number of carbonyl (C=O) groups is 1. The third kappa shape index (κ3) is 1.47. The van der Waals surface area contributed by atoms with Gasteiger partial charge < -0.3 is 0 Å². The smallest absolute Gasteiger partial charge is 0.255 e. The monoisotopic (exact) mass is 209 g/mol. The van der Waals surface area contributed by atoms with E-state index in [1.165, 1.54) is 5.01 Å². The van der Waals surface area contributed by atoms with E-state index in [1.807, 2.05) is 6.92 Å². The first-order chi connectivity index (χ1) is 6.95. The molecule has 1 saturated heterocycles. The molecule has 2 aliphatic heterocycles. The summed E-state index contributed by atoms with van der Waals surface area (Å²) in [7, 11) is 1.75. The van der Waals surface area contributed by atoms with Crippen molar-refractivity contribution in [3.63, 3.8) is 0 Å².